The average Bonchev–Trinajstić information content (AvgIpc) is 3.32. The number of H-pyrrole nitrogens is 1. The molecule has 1 amide bonds. The lowest BCUT2D eigenvalue weighted by molar-refractivity contribution is 0.119. The van der Waals surface area contributed by atoms with Gasteiger partial charge >= 0.3 is 11.8 Å². The van der Waals surface area contributed by atoms with Crippen LogP contribution >= 0.6 is 0 Å². The maximum absolute atomic E-state index is 13.7. The van der Waals surface area contributed by atoms with E-state index in [0.717, 1.165) is 0 Å². The highest BCUT2D eigenvalue weighted by molar-refractivity contribution is 5.72. The largest absolute Gasteiger partial charge is 0.465 e. The van der Waals surface area contributed by atoms with Crippen molar-refractivity contribution in [3.63, 3.8) is 0 Å². The Morgan fingerprint density at radius 1 is 1.23 bits per heavy atom. The first-order chi connectivity index (χ1) is 14.9. The predicted molar refractivity (Wildman–Crippen MR) is 109 cm³/mol. The highest BCUT2D eigenvalue weighted by Crippen LogP contribution is 2.31. The first-order valence-corrected chi connectivity index (χ1v) is 9.98. The van der Waals surface area contributed by atoms with Crippen LogP contribution in [0.1, 0.15) is 31.7 Å². The second-order valence-corrected chi connectivity index (χ2v) is 7.81. The Balaban J connectivity index is 1.52. The van der Waals surface area contributed by atoms with Crippen molar-refractivity contribution < 1.29 is 14.3 Å². The fraction of sp³-hybridized carbons (Fsp3) is 0.350. The summed E-state index contributed by atoms with van der Waals surface area (Å²) >= 11 is 0. The van der Waals surface area contributed by atoms with Crippen molar-refractivity contribution in [2.24, 2.45) is 0 Å². The van der Waals surface area contributed by atoms with Gasteiger partial charge in [-0.05, 0) is 37.8 Å². The van der Waals surface area contributed by atoms with Crippen LogP contribution in [0.4, 0.5) is 9.18 Å². The summed E-state index contributed by atoms with van der Waals surface area (Å²) < 4.78 is 16.9. The molecule has 0 aliphatic heterocycles. The van der Waals surface area contributed by atoms with Gasteiger partial charge in [0, 0.05) is 25.3 Å². The standard InChI is InChI=1S/C20H20FN7O3/c1-26(20(30)31)12-3-5-13(6-4-12)28-18-14(24-19(28)29)8-23-17(25-18)15-9-22-16-7-2-11(21)10-27(15)16/h2,7-10,12-13H,3-6H2,1H3,(H,24,29)(H,30,31). The summed E-state index contributed by atoms with van der Waals surface area (Å²) in [6.07, 6.45) is 6.12. The maximum atomic E-state index is 13.7. The van der Waals surface area contributed by atoms with Crippen LogP contribution in [0.15, 0.2) is 35.5 Å². The molecule has 1 saturated carbocycles. The SMILES string of the molecule is CN(C(=O)O)C1CCC(n2c(=O)[nH]c3cnc(-c4cnc5ccc(F)cn45)nc32)CC1. The lowest BCUT2D eigenvalue weighted by Gasteiger charge is -2.33. The zero-order chi connectivity index (χ0) is 21.7. The van der Waals surface area contributed by atoms with Gasteiger partial charge in [-0.15, -0.1) is 0 Å². The Kier molecular flexibility index (Phi) is 4.45. The van der Waals surface area contributed by atoms with E-state index in [-0.39, 0.29) is 17.8 Å². The van der Waals surface area contributed by atoms with Crippen LogP contribution in [0.2, 0.25) is 0 Å². The first-order valence-electron chi connectivity index (χ1n) is 9.98. The van der Waals surface area contributed by atoms with E-state index in [2.05, 4.69) is 19.9 Å². The number of hydrogen-bond donors (Lipinski definition) is 2. The zero-order valence-electron chi connectivity index (χ0n) is 16.7. The molecule has 160 valence electrons. The van der Waals surface area contributed by atoms with Crippen molar-refractivity contribution in [3.8, 4) is 11.5 Å². The average molecular weight is 425 g/mol. The third-order valence-corrected chi connectivity index (χ3v) is 6.04. The van der Waals surface area contributed by atoms with Crippen LogP contribution in [-0.4, -0.2) is 58.1 Å². The number of imidazole rings is 2. The van der Waals surface area contributed by atoms with Crippen molar-refractivity contribution in [2.75, 3.05) is 7.05 Å². The molecule has 31 heavy (non-hydrogen) atoms. The van der Waals surface area contributed by atoms with Gasteiger partial charge in [-0.2, -0.15) is 0 Å². The van der Waals surface area contributed by atoms with E-state index in [9.17, 15) is 19.1 Å². The minimum absolute atomic E-state index is 0.0621. The van der Waals surface area contributed by atoms with E-state index in [1.54, 1.807) is 28.3 Å². The van der Waals surface area contributed by atoms with Gasteiger partial charge in [-0.3, -0.25) is 8.97 Å². The van der Waals surface area contributed by atoms with Crippen LogP contribution in [0, 0.1) is 5.82 Å². The fourth-order valence-corrected chi connectivity index (χ4v) is 4.36. The van der Waals surface area contributed by atoms with Gasteiger partial charge in [0.25, 0.3) is 0 Å². The molecule has 0 radical (unpaired) electrons. The number of fused-ring (bicyclic) bond motifs is 2. The number of pyridine rings is 1. The smallest absolute Gasteiger partial charge is 0.407 e. The second kappa shape index (κ2) is 7.18. The number of carbonyl (C=O) groups is 1. The summed E-state index contributed by atoms with van der Waals surface area (Å²) in [5.41, 5.74) is 1.78. The molecule has 0 saturated heterocycles. The first kappa shape index (κ1) is 19.2. The Morgan fingerprint density at radius 2 is 2.00 bits per heavy atom. The van der Waals surface area contributed by atoms with E-state index in [1.807, 2.05) is 0 Å². The minimum Gasteiger partial charge on any atom is -0.465 e. The number of halogens is 1. The molecule has 0 unspecified atom stereocenters. The van der Waals surface area contributed by atoms with E-state index >= 15 is 0 Å². The van der Waals surface area contributed by atoms with Crippen molar-refractivity contribution in [3.05, 3.63) is 47.0 Å². The molecule has 1 aliphatic carbocycles. The third-order valence-electron chi connectivity index (χ3n) is 6.04. The highest BCUT2D eigenvalue weighted by Gasteiger charge is 2.29. The Hall–Kier alpha value is -3.76. The van der Waals surface area contributed by atoms with Crippen molar-refractivity contribution in [1.29, 1.82) is 0 Å². The van der Waals surface area contributed by atoms with Gasteiger partial charge in [0.2, 0.25) is 0 Å². The van der Waals surface area contributed by atoms with Crippen molar-refractivity contribution in [2.45, 2.75) is 37.8 Å². The molecule has 11 heteroatoms. The number of hydrogen-bond acceptors (Lipinski definition) is 5. The number of aromatic nitrogens is 6. The lowest BCUT2D eigenvalue weighted by Crippen LogP contribution is -2.39. The molecule has 10 nitrogen and oxygen atoms in total. The molecular formula is C20H20FN7O3. The van der Waals surface area contributed by atoms with E-state index in [4.69, 9.17) is 0 Å². The van der Waals surface area contributed by atoms with E-state index in [1.165, 1.54) is 23.4 Å². The number of rotatable bonds is 3. The molecule has 1 aliphatic rings. The number of carboxylic acid groups (broad SMARTS) is 1. The van der Waals surface area contributed by atoms with Crippen molar-refractivity contribution in [1.82, 2.24) is 33.8 Å². The molecule has 0 bridgehead atoms. The number of nitrogens with one attached hydrogen (secondary N) is 1. The van der Waals surface area contributed by atoms with E-state index < -0.39 is 11.9 Å². The molecule has 0 atom stereocenters. The summed E-state index contributed by atoms with van der Waals surface area (Å²) in [6.45, 7) is 0. The monoisotopic (exact) mass is 425 g/mol. The number of aromatic amines is 1. The lowest BCUT2D eigenvalue weighted by atomic mass is 9.90. The maximum Gasteiger partial charge on any atom is 0.407 e. The summed E-state index contributed by atoms with van der Waals surface area (Å²) in [5.74, 6) is -0.0767. The molecule has 4 heterocycles. The number of nitrogens with zero attached hydrogens (tertiary/aromatic N) is 6. The Morgan fingerprint density at radius 3 is 2.74 bits per heavy atom. The third kappa shape index (κ3) is 3.22. The van der Waals surface area contributed by atoms with Crippen molar-refractivity contribution >= 4 is 22.9 Å². The molecule has 2 N–H and O–H groups in total. The Labute approximate surface area is 175 Å². The molecule has 0 spiro atoms. The predicted octanol–water partition coefficient (Wildman–Crippen LogP) is 2.67. The van der Waals surface area contributed by atoms with Crippen LogP contribution in [0.3, 0.4) is 0 Å². The molecule has 4 aromatic rings. The topological polar surface area (TPSA) is 121 Å². The summed E-state index contributed by atoms with van der Waals surface area (Å²) in [7, 11) is 1.57. The summed E-state index contributed by atoms with van der Waals surface area (Å²) in [5, 5.41) is 9.20. The molecule has 4 aromatic heterocycles. The van der Waals surface area contributed by atoms with Gasteiger partial charge in [0.15, 0.2) is 11.5 Å². The van der Waals surface area contributed by atoms with Crippen LogP contribution < -0.4 is 5.69 Å². The highest BCUT2D eigenvalue weighted by atomic mass is 19.1. The van der Waals surface area contributed by atoms with Gasteiger partial charge in [-0.1, -0.05) is 0 Å². The minimum atomic E-state index is -0.949. The quantitative estimate of drug-likeness (QED) is 0.521. The fourth-order valence-electron chi connectivity index (χ4n) is 4.36. The van der Waals surface area contributed by atoms with Gasteiger partial charge in [0.05, 0.1) is 12.4 Å². The van der Waals surface area contributed by atoms with E-state index in [0.29, 0.717) is 54.0 Å². The zero-order valence-corrected chi connectivity index (χ0v) is 16.7. The van der Waals surface area contributed by atoms with Gasteiger partial charge in [0.1, 0.15) is 22.7 Å². The molecule has 1 fully saturated rings. The molecular weight excluding hydrogens is 405 g/mol. The normalized spacial score (nSPS) is 19.2. The second-order valence-electron chi connectivity index (χ2n) is 7.81. The van der Waals surface area contributed by atoms with Crippen LogP contribution in [-0.2, 0) is 0 Å². The molecule has 5 rings (SSSR count). The summed E-state index contributed by atoms with van der Waals surface area (Å²) in [4.78, 5) is 41.2. The van der Waals surface area contributed by atoms with Crippen LogP contribution in [0.25, 0.3) is 28.3 Å². The van der Waals surface area contributed by atoms with Gasteiger partial charge < -0.3 is 15.0 Å². The number of amides is 1. The van der Waals surface area contributed by atoms with Gasteiger partial charge in [-0.25, -0.2) is 28.9 Å². The Bertz CT molecular complexity index is 1350. The molecule has 0 aromatic carbocycles. The van der Waals surface area contributed by atoms with Crippen LogP contribution in [0.5, 0.6) is 0 Å². The summed E-state index contributed by atoms with van der Waals surface area (Å²) in [6, 6.07) is 2.74.